The maximum Gasteiger partial charge on any atom is 0.278 e. The van der Waals surface area contributed by atoms with E-state index in [4.69, 9.17) is 23.2 Å². The third-order valence-electron chi connectivity index (χ3n) is 5.32. The molecule has 0 aliphatic carbocycles. The summed E-state index contributed by atoms with van der Waals surface area (Å²) in [4.78, 5) is 11.4. The summed E-state index contributed by atoms with van der Waals surface area (Å²) in [6.07, 6.45) is 2.09. The van der Waals surface area contributed by atoms with Gasteiger partial charge < -0.3 is 4.57 Å². The van der Waals surface area contributed by atoms with E-state index in [-0.39, 0.29) is 16.5 Å². The molecule has 0 bridgehead atoms. The van der Waals surface area contributed by atoms with Crippen LogP contribution in [-0.2, 0) is 12.4 Å². The molecule has 0 aliphatic rings. The van der Waals surface area contributed by atoms with Crippen LogP contribution in [0.15, 0.2) is 54.6 Å². The number of rotatable bonds is 6. The first-order valence-corrected chi connectivity index (χ1v) is 10.5. The van der Waals surface area contributed by atoms with Crippen LogP contribution in [0, 0.1) is 10.1 Å². The molecular weight excluding hydrogens is 407 g/mol. The number of para-hydroxylation sites is 2. The zero-order valence-electron chi connectivity index (χ0n) is 16.0. The van der Waals surface area contributed by atoms with Gasteiger partial charge in [-0.25, -0.2) is 0 Å². The first kappa shape index (κ1) is 19.7. The zero-order chi connectivity index (χ0) is 20.5. The van der Waals surface area contributed by atoms with Crippen LogP contribution in [0.3, 0.4) is 0 Å². The number of aryl methyl sites for hydroxylation is 1. The number of nitro benzene ring substituents is 1. The van der Waals surface area contributed by atoms with Crippen molar-refractivity contribution < 1.29 is 4.92 Å². The number of fused-ring (bicyclic) bond motifs is 3. The lowest BCUT2D eigenvalue weighted by molar-refractivity contribution is -0.384. The Morgan fingerprint density at radius 1 is 1.03 bits per heavy atom. The molecule has 0 N–H and O–H groups in total. The first-order chi connectivity index (χ1) is 14.1. The number of hydrogen-bond acceptors (Lipinski definition) is 2. The minimum absolute atomic E-state index is 0.0105. The SMILES string of the molecule is CCCCn1c2ccccc2c2cccc(-c3cc(CCl)c(Cl)cc3[N+](=O)[O-])c21. The van der Waals surface area contributed by atoms with Crippen molar-refractivity contribution in [2.75, 3.05) is 0 Å². The predicted octanol–water partition coefficient (Wildman–Crippen LogP) is 7.56. The summed E-state index contributed by atoms with van der Waals surface area (Å²) in [5.74, 6) is 0.193. The van der Waals surface area contributed by atoms with Gasteiger partial charge >= 0.3 is 0 Å². The molecule has 1 heterocycles. The van der Waals surface area contributed by atoms with Crippen LogP contribution in [0.2, 0.25) is 5.02 Å². The molecule has 0 fully saturated rings. The van der Waals surface area contributed by atoms with Crippen LogP contribution in [0.25, 0.3) is 32.9 Å². The van der Waals surface area contributed by atoms with Gasteiger partial charge in [-0.05, 0) is 24.1 Å². The van der Waals surface area contributed by atoms with E-state index in [9.17, 15) is 10.1 Å². The molecule has 6 heteroatoms. The maximum atomic E-state index is 11.8. The Labute approximate surface area is 178 Å². The summed E-state index contributed by atoms with van der Waals surface area (Å²) in [6, 6.07) is 17.4. The Morgan fingerprint density at radius 3 is 2.52 bits per heavy atom. The van der Waals surface area contributed by atoms with Gasteiger partial charge in [0.1, 0.15) is 0 Å². The second-order valence-electron chi connectivity index (χ2n) is 7.08. The number of alkyl halides is 1. The smallest absolute Gasteiger partial charge is 0.278 e. The number of hydrogen-bond donors (Lipinski definition) is 0. The van der Waals surface area contributed by atoms with Crippen molar-refractivity contribution >= 4 is 50.7 Å². The van der Waals surface area contributed by atoms with E-state index in [1.807, 2.05) is 24.3 Å². The Morgan fingerprint density at radius 2 is 1.79 bits per heavy atom. The molecule has 0 unspecified atom stereocenters. The van der Waals surface area contributed by atoms with Gasteiger partial charge in [-0.1, -0.05) is 61.3 Å². The molecule has 0 atom stereocenters. The van der Waals surface area contributed by atoms with Gasteiger partial charge in [0.05, 0.1) is 21.0 Å². The van der Waals surface area contributed by atoms with Gasteiger partial charge in [0.15, 0.2) is 0 Å². The molecule has 3 aromatic carbocycles. The number of halogens is 2. The van der Waals surface area contributed by atoms with E-state index >= 15 is 0 Å². The average molecular weight is 427 g/mol. The molecule has 4 rings (SSSR count). The van der Waals surface area contributed by atoms with Gasteiger partial charge in [0.25, 0.3) is 5.69 Å². The summed E-state index contributed by atoms with van der Waals surface area (Å²) in [7, 11) is 0. The number of benzene rings is 3. The summed E-state index contributed by atoms with van der Waals surface area (Å²) in [5, 5.41) is 14.4. The molecule has 4 aromatic rings. The predicted molar refractivity (Wildman–Crippen MR) is 121 cm³/mol. The molecule has 148 valence electrons. The van der Waals surface area contributed by atoms with E-state index in [0.29, 0.717) is 16.1 Å². The number of unbranched alkanes of at least 4 members (excludes halogenated alkanes) is 1. The average Bonchev–Trinajstić information content (AvgIpc) is 3.06. The quantitative estimate of drug-likeness (QED) is 0.181. The monoisotopic (exact) mass is 426 g/mol. The van der Waals surface area contributed by atoms with Crippen LogP contribution >= 0.6 is 23.2 Å². The topological polar surface area (TPSA) is 48.1 Å². The van der Waals surface area contributed by atoms with E-state index in [1.54, 1.807) is 6.07 Å². The van der Waals surface area contributed by atoms with Crippen molar-refractivity contribution in [2.45, 2.75) is 32.2 Å². The van der Waals surface area contributed by atoms with Crippen molar-refractivity contribution in [3.05, 3.63) is 75.3 Å². The van der Waals surface area contributed by atoms with E-state index < -0.39 is 0 Å². The summed E-state index contributed by atoms with van der Waals surface area (Å²) < 4.78 is 2.28. The van der Waals surface area contributed by atoms with E-state index in [0.717, 1.165) is 46.8 Å². The minimum Gasteiger partial charge on any atom is -0.340 e. The Bertz CT molecular complexity index is 1230. The fourth-order valence-electron chi connectivity index (χ4n) is 3.95. The fraction of sp³-hybridized carbons (Fsp3) is 0.217. The number of aromatic nitrogens is 1. The lowest BCUT2D eigenvalue weighted by Crippen LogP contribution is -2.00. The summed E-state index contributed by atoms with van der Waals surface area (Å²) in [6.45, 7) is 3.01. The maximum absolute atomic E-state index is 11.8. The van der Waals surface area contributed by atoms with Crippen molar-refractivity contribution in [1.82, 2.24) is 4.57 Å². The van der Waals surface area contributed by atoms with Crippen molar-refractivity contribution in [3.63, 3.8) is 0 Å². The molecule has 0 spiro atoms. The van der Waals surface area contributed by atoms with Gasteiger partial charge in [0, 0.05) is 40.3 Å². The van der Waals surface area contributed by atoms with Crippen LogP contribution in [0.4, 0.5) is 5.69 Å². The van der Waals surface area contributed by atoms with Gasteiger partial charge in [0.2, 0.25) is 0 Å². The molecule has 4 nitrogen and oxygen atoms in total. The third-order valence-corrected chi connectivity index (χ3v) is 5.96. The third kappa shape index (κ3) is 3.37. The molecule has 0 amide bonds. The second-order valence-corrected chi connectivity index (χ2v) is 7.75. The summed E-state index contributed by atoms with van der Waals surface area (Å²) >= 11 is 12.3. The second kappa shape index (κ2) is 8.05. The fourth-order valence-corrected chi connectivity index (χ4v) is 4.47. The van der Waals surface area contributed by atoms with Gasteiger partial charge in [-0.3, -0.25) is 10.1 Å². The molecule has 29 heavy (non-hydrogen) atoms. The first-order valence-electron chi connectivity index (χ1n) is 9.60. The highest BCUT2D eigenvalue weighted by Gasteiger charge is 2.22. The molecule has 1 aromatic heterocycles. The minimum atomic E-state index is -0.378. The largest absolute Gasteiger partial charge is 0.340 e. The summed E-state index contributed by atoms with van der Waals surface area (Å²) in [5.41, 5.74) is 4.18. The molecular formula is C23H20Cl2N2O2. The highest BCUT2D eigenvalue weighted by molar-refractivity contribution is 6.32. The Kier molecular flexibility index (Phi) is 5.48. The van der Waals surface area contributed by atoms with Crippen LogP contribution < -0.4 is 0 Å². The molecule has 0 radical (unpaired) electrons. The molecule has 0 aliphatic heterocycles. The van der Waals surface area contributed by atoms with Crippen molar-refractivity contribution in [3.8, 4) is 11.1 Å². The van der Waals surface area contributed by atoms with Gasteiger partial charge in [-0.2, -0.15) is 0 Å². The lowest BCUT2D eigenvalue weighted by atomic mass is 9.98. The highest BCUT2D eigenvalue weighted by Crippen LogP contribution is 2.41. The van der Waals surface area contributed by atoms with Crippen LogP contribution in [-0.4, -0.2) is 9.49 Å². The Balaban J connectivity index is 2.12. The molecule has 0 saturated heterocycles. The van der Waals surface area contributed by atoms with Crippen molar-refractivity contribution in [1.29, 1.82) is 0 Å². The standard InChI is InChI=1S/C23H20Cl2N2O2/c1-2-3-11-26-21-10-5-4-7-16(21)17-8-6-9-18(23(17)26)19-12-15(14-24)20(25)13-22(19)27(28)29/h4-10,12-13H,2-3,11,14H2,1H3. The van der Waals surface area contributed by atoms with Gasteiger partial charge in [-0.15, -0.1) is 11.6 Å². The lowest BCUT2D eigenvalue weighted by Gasteiger charge is -2.12. The number of nitro groups is 1. The number of nitrogens with zero attached hydrogens (tertiary/aromatic N) is 2. The normalized spacial score (nSPS) is 11.4. The van der Waals surface area contributed by atoms with Crippen molar-refractivity contribution in [2.24, 2.45) is 0 Å². The highest BCUT2D eigenvalue weighted by atomic mass is 35.5. The Hall–Kier alpha value is -2.56. The van der Waals surface area contributed by atoms with Crippen LogP contribution in [0.1, 0.15) is 25.3 Å². The van der Waals surface area contributed by atoms with E-state index in [1.165, 1.54) is 6.07 Å². The van der Waals surface area contributed by atoms with Crippen LogP contribution in [0.5, 0.6) is 0 Å². The molecule has 0 saturated carbocycles. The zero-order valence-corrected chi connectivity index (χ0v) is 17.5. The van der Waals surface area contributed by atoms with E-state index in [2.05, 4.69) is 29.7 Å².